The quantitative estimate of drug-likeness (QED) is 0.656. The van der Waals surface area contributed by atoms with E-state index in [2.05, 4.69) is 40.2 Å². The SMILES string of the molecule is COc1ccc(-c2ccc([C@H]3C[C@@H]3NC(=O)CC3(C)NC(=O)NC3=O)cc2)cc1. The molecular formula is C22H23N3O4. The van der Waals surface area contributed by atoms with Crippen molar-refractivity contribution in [1.29, 1.82) is 0 Å². The van der Waals surface area contributed by atoms with E-state index < -0.39 is 17.5 Å². The molecule has 7 heteroatoms. The maximum atomic E-state index is 12.3. The second kappa shape index (κ2) is 7.24. The van der Waals surface area contributed by atoms with Gasteiger partial charge in [0, 0.05) is 12.0 Å². The topological polar surface area (TPSA) is 96.5 Å². The molecule has 29 heavy (non-hydrogen) atoms. The van der Waals surface area contributed by atoms with Crippen molar-refractivity contribution in [2.45, 2.75) is 37.3 Å². The number of methoxy groups -OCH3 is 1. The van der Waals surface area contributed by atoms with Crippen LogP contribution >= 0.6 is 0 Å². The Balaban J connectivity index is 1.33. The van der Waals surface area contributed by atoms with E-state index in [4.69, 9.17) is 4.74 Å². The van der Waals surface area contributed by atoms with E-state index in [1.807, 2.05) is 24.3 Å². The van der Waals surface area contributed by atoms with Crippen molar-refractivity contribution in [3.05, 3.63) is 54.1 Å². The highest BCUT2D eigenvalue weighted by molar-refractivity contribution is 6.08. The van der Waals surface area contributed by atoms with E-state index in [-0.39, 0.29) is 24.3 Å². The predicted molar refractivity (Wildman–Crippen MR) is 107 cm³/mol. The number of carbonyl (C=O) groups excluding carboxylic acids is 3. The van der Waals surface area contributed by atoms with Gasteiger partial charge in [0.05, 0.1) is 13.5 Å². The van der Waals surface area contributed by atoms with Crippen molar-refractivity contribution in [2.75, 3.05) is 7.11 Å². The van der Waals surface area contributed by atoms with E-state index in [0.717, 1.165) is 23.3 Å². The van der Waals surface area contributed by atoms with Crippen LogP contribution in [0.5, 0.6) is 5.75 Å². The van der Waals surface area contributed by atoms with Gasteiger partial charge in [-0.25, -0.2) is 4.79 Å². The van der Waals surface area contributed by atoms with Crippen molar-refractivity contribution in [1.82, 2.24) is 16.0 Å². The Hall–Kier alpha value is -3.35. The molecule has 1 aliphatic heterocycles. The molecule has 1 saturated carbocycles. The fourth-order valence-corrected chi connectivity index (χ4v) is 3.71. The molecule has 2 aromatic carbocycles. The number of nitrogens with one attached hydrogen (secondary N) is 3. The third kappa shape index (κ3) is 3.94. The molecule has 2 fully saturated rings. The average molecular weight is 393 g/mol. The molecule has 2 aromatic rings. The van der Waals surface area contributed by atoms with Gasteiger partial charge in [-0.1, -0.05) is 36.4 Å². The summed E-state index contributed by atoms with van der Waals surface area (Å²) < 4.78 is 5.19. The highest BCUT2D eigenvalue weighted by atomic mass is 16.5. The van der Waals surface area contributed by atoms with Crippen LogP contribution in [-0.2, 0) is 9.59 Å². The molecule has 1 unspecified atom stereocenters. The lowest BCUT2D eigenvalue weighted by atomic mass is 9.98. The largest absolute Gasteiger partial charge is 0.497 e. The van der Waals surface area contributed by atoms with Crippen LogP contribution in [0.3, 0.4) is 0 Å². The lowest BCUT2D eigenvalue weighted by Gasteiger charge is -2.19. The summed E-state index contributed by atoms with van der Waals surface area (Å²) in [5, 5.41) is 7.64. The zero-order valence-electron chi connectivity index (χ0n) is 16.3. The van der Waals surface area contributed by atoms with E-state index in [1.165, 1.54) is 5.56 Å². The van der Waals surface area contributed by atoms with E-state index in [0.29, 0.717) is 0 Å². The molecule has 0 radical (unpaired) electrons. The van der Waals surface area contributed by atoms with Crippen molar-refractivity contribution < 1.29 is 19.1 Å². The average Bonchev–Trinajstić information content (AvgIpc) is 3.41. The van der Waals surface area contributed by atoms with E-state index >= 15 is 0 Å². The van der Waals surface area contributed by atoms with Gasteiger partial charge in [0.25, 0.3) is 5.91 Å². The van der Waals surface area contributed by atoms with Gasteiger partial charge in [-0.3, -0.25) is 14.9 Å². The molecule has 4 amide bonds. The number of benzene rings is 2. The summed E-state index contributed by atoms with van der Waals surface area (Å²) in [7, 11) is 1.65. The lowest BCUT2D eigenvalue weighted by molar-refractivity contribution is -0.129. The minimum atomic E-state index is -1.19. The van der Waals surface area contributed by atoms with Gasteiger partial charge in [0.2, 0.25) is 5.91 Å². The Bertz CT molecular complexity index is 955. The molecular weight excluding hydrogens is 370 g/mol. The van der Waals surface area contributed by atoms with Crippen LogP contribution < -0.4 is 20.7 Å². The number of imide groups is 1. The number of rotatable bonds is 6. The first-order valence-corrected chi connectivity index (χ1v) is 9.55. The van der Waals surface area contributed by atoms with Crippen molar-refractivity contribution >= 4 is 17.8 Å². The molecule has 1 heterocycles. The Labute approximate surface area is 168 Å². The normalized spacial score (nSPS) is 25.2. The van der Waals surface area contributed by atoms with E-state index in [9.17, 15) is 14.4 Å². The molecule has 3 N–H and O–H groups in total. The maximum absolute atomic E-state index is 12.3. The molecule has 0 bridgehead atoms. The molecule has 3 atom stereocenters. The number of hydrogen-bond acceptors (Lipinski definition) is 4. The molecule has 150 valence electrons. The fourth-order valence-electron chi connectivity index (χ4n) is 3.71. The molecule has 0 spiro atoms. The first-order valence-electron chi connectivity index (χ1n) is 9.55. The lowest BCUT2D eigenvalue weighted by Crippen LogP contribution is -2.48. The maximum Gasteiger partial charge on any atom is 0.322 e. The number of amides is 4. The van der Waals surface area contributed by atoms with Gasteiger partial charge in [-0.15, -0.1) is 0 Å². The standard InChI is InChI=1S/C22H23N3O4/c1-22(20(27)24-21(28)25-22)12-19(26)23-18-11-17(18)15-5-3-13(4-6-15)14-7-9-16(29-2)10-8-14/h3-10,17-18H,11-12H2,1-2H3,(H,23,26)(H2,24,25,27,28)/t17-,18+,22?/m1/s1. The van der Waals surface area contributed by atoms with Crippen LogP contribution in [0, 0.1) is 0 Å². The van der Waals surface area contributed by atoms with Gasteiger partial charge < -0.3 is 15.4 Å². The van der Waals surface area contributed by atoms with Crippen LogP contribution in [0.2, 0.25) is 0 Å². The summed E-state index contributed by atoms with van der Waals surface area (Å²) in [6.07, 6.45) is 0.785. The molecule has 1 saturated heterocycles. The predicted octanol–water partition coefficient (Wildman–Crippen LogP) is 2.32. The third-order valence-corrected chi connectivity index (χ3v) is 5.53. The summed E-state index contributed by atoms with van der Waals surface area (Å²) in [4.78, 5) is 35.5. The van der Waals surface area contributed by atoms with E-state index in [1.54, 1.807) is 14.0 Å². The second-order valence-electron chi connectivity index (χ2n) is 7.78. The minimum absolute atomic E-state index is 0.0538. The summed E-state index contributed by atoms with van der Waals surface area (Å²) >= 11 is 0. The van der Waals surface area contributed by atoms with Crippen molar-refractivity contribution in [3.63, 3.8) is 0 Å². The second-order valence-corrected chi connectivity index (χ2v) is 7.78. The van der Waals surface area contributed by atoms with Crippen LogP contribution in [-0.4, -0.2) is 36.5 Å². The third-order valence-electron chi connectivity index (χ3n) is 5.53. The Kier molecular flexibility index (Phi) is 4.74. The van der Waals surface area contributed by atoms with Crippen LogP contribution in [0.4, 0.5) is 4.79 Å². The summed E-state index contributed by atoms with van der Waals surface area (Å²) in [5.41, 5.74) is 2.22. The van der Waals surface area contributed by atoms with Gasteiger partial charge in [0.15, 0.2) is 0 Å². The number of hydrogen-bond donors (Lipinski definition) is 3. The zero-order chi connectivity index (χ0) is 20.6. The molecule has 0 aromatic heterocycles. The van der Waals surface area contributed by atoms with Crippen LogP contribution in [0.1, 0.15) is 31.2 Å². The molecule has 7 nitrogen and oxygen atoms in total. The first-order chi connectivity index (χ1) is 13.9. The number of carbonyl (C=O) groups is 3. The summed E-state index contributed by atoms with van der Waals surface area (Å²) in [6.45, 7) is 1.55. The number of urea groups is 1. The van der Waals surface area contributed by atoms with Gasteiger partial charge >= 0.3 is 6.03 Å². The van der Waals surface area contributed by atoms with Crippen molar-refractivity contribution in [2.24, 2.45) is 0 Å². The van der Waals surface area contributed by atoms with Crippen LogP contribution in [0.15, 0.2) is 48.5 Å². The van der Waals surface area contributed by atoms with Gasteiger partial charge in [0.1, 0.15) is 11.3 Å². The highest BCUT2D eigenvalue weighted by Gasteiger charge is 2.45. The smallest absolute Gasteiger partial charge is 0.322 e. The fraction of sp³-hybridized carbons (Fsp3) is 0.318. The summed E-state index contributed by atoms with van der Waals surface area (Å²) in [5.74, 6) is 0.375. The minimum Gasteiger partial charge on any atom is -0.497 e. The Morgan fingerprint density at radius 3 is 2.28 bits per heavy atom. The highest BCUT2D eigenvalue weighted by Crippen LogP contribution is 2.41. The Morgan fingerprint density at radius 2 is 1.72 bits per heavy atom. The monoisotopic (exact) mass is 393 g/mol. The van der Waals surface area contributed by atoms with Gasteiger partial charge in [-0.05, 0) is 42.2 Å². The zero-order valence-corrected chi connectivity index (χ0v) is 16.3. The summed E-state index contributed by atoms with van der Waals surface area (Å²) in [6, 6.07) is 15.7. The molecule has 1 aliphatic carbocycles. The first kappa shape index (κ1) is 19.0. The van der Waals surface area contributed by atoms with Crippen LogP contribution in [0.25, 0.3) is 11.1 Å². The van der Waals surface area contributed by atoms with Crippen molar-refractivity contribution in [3.8, 4) is 16.9 Å². The Morgan fingerprint density at radius 1 is 1.10 bits per heavy atom. The number of ether oxygens (including phenoxy) is 1. The molecule has 4 rings (SSSR count). The van der Waals surface area contributed by atoms with Gasteiger partial charge in [-0.2, -0.15) is 0 Å². The molecule has 2 aliphatic rings.